The Morgan fingerprint density at radius 1 is 1.16 bits per heavy atom. The summed E-state index contributed by atoms with van der Waals surface area (Å²) in [4.78, 5) is 1.95. The van der Waals surface area contributed by atoms with Gasteiger partial charge in [0.15, 0.2) is 5.82 Å². The number of para-hydroxylation sites is 1. The molecule has 0 saturated carbocycles. The summed E-state index contributed by atoms with van der Waals surface area (Å²) in [7, 11) is 0. The quantitative estimate of drug-likeness (QED) is 0.790. The molecule has 0 radical (unpaired) electrons. The Hall–Kier alpha value is -1.86. The Bertz CT molecular complexity index is 691. The largest absolute Gasteiger partial charge is 0.339 e. The normalized spacial score (nSPS) is 13.2. The lowest BCUT2D eigenvalue weighted by molar-refractivity contribution is 0.619. The van der Waals surface area contributed by atoms with Gasteiger partial charge in [-0.1, -0.05) is 18.2 Å². The van der Waals surface area contributed by atoms with Gasteiger partial charge in [0, 0.05) is 12.2 Å². The van der Waals surface area contributed by atoms with Crippen molar-refractivity contribution in [3.63, 3.8) is 0 Å². The Morgan fingerprint density at radius 3 is 2.74 bits per heavy atom. The maximum atomic E-state index is 14.4. The molecule has 2 nitrogen and oxygen atoms in total. The first-order chi connectivity index (χ1) is 9.22. The van der Waals surface area contributed by atoms with E-state index in [-0.39, 0.29) is 10.3 Å². The minimum atomic E-state index is -0.379. The van der Waals surface area contributed by atoms with Crippen LogP contribution in [-0.2, 0) is 6.42 Å². The smallest absolute Gasteiger partial charge is 0.162 e. The number of nitrogens with zero attached hydrogens (tertiary/aromatic N) is 2. The van der Waals surface area contributed by atoms with Crippen molar-refractivity contribution in [1.29, 1.82) is 5.26 Å². The molecule has 4 heteroatoms. The molecule has 0 spiro atoms. The summed E-state index contributed by atoms with van der Waals surface area (Å²) in [5.41, 5.74) is 3.09. The van der Waals surface area contributed by atoms with Crippen LogP contribution in [0.15, 0.2) is 40.9 Å². The Morgan fingerprint density at radius 2 is 1.95 bits per heavy atom. The van der Waals surface area contributed by atoms with Gasteiger partial charge in [-0.2, -0.15) is 5.26 Å². The summed E-state index contributed by atoms with van der Waals surface area (Å²) in [5.74, 6) is -0.379. The highest BCUT2D eigenvalue weighted by Gasteiger charge is 2.23. The van der Waals surface area contributed by atoms with Crippen LogP contribution in [0.5, 0.6) is 0 Å². The lowest BCUT2D eigenvalue weighted by atomic mass is 10.1. The van der Waals surface area contributed by atoms with E-state index in [0.717, 1.165) is 18.7 Å². The van der Waals surface area contributed by atoms with Gasteiger partial charge in [-0.05, 0) is 46.1 Å². The minimum absolute atomic E-state index is 0.233. The summed E-state index contributed by atoms with van der Waals surface area (Å²) >= 11 is 3.15. The Kier molecular flexibility index (Phi) is 3.00. The molecule has 0 aliphatic carbocycles. The molecule has 0 unspecified atom stereocenters. The molecule has 1 aliphatic heterocycles. The van der Waals surface area contributed by atoms with Crippen LogP contribution in [0.2, 0.25) is 0 Å². The van der Waals surface area contributed by atoms with Crippen molar-refractivity contribution < 1.29 is 4.39 Å². The molecule has 0 aromatic heterocycles. The van der Waals surface area contributed by atoms with E-state index < -0.39 is 0 Å². The van der Waals surface area contributed by atoms with Crippen molar-refractivity contribution in [3.8, 4) is 6.07 Å². The number of halogens is 2. The second kappa shape index (κ2) is 4.67. The molecule has 1 aliphatic rings. The first-order valence-electron chi connectivity index (χ1n) is 5.96. The van der Waals surface area contributed by atoms with Gasteiger partial charge in [-0.25, -0.2) is 4.39 Å². The topological polar surface area (TPSA) is 27.0 Å². The molecule has 94 valence electrons. The van der Waals surface area contributed by atoms with E-state index in [0.29, 0.717) is 11.3 Å². The van der Waals surface area contributed by atoms with E-state index >= 15 is 0 Å². The van der Waals surface area contributed by atoms with Crippen molar-refractivity contribution in [3.05, 3.63) is 57.8 Å². The molecular weight excluding hydrogens is 307 g/mol. The summed E-state index contributed by atoms with van der Waals surface area (Å²) in [6.45, 7) is 0.759. The first-order valence-corrected chi connectivity index (χ1v) is 6.75. The summed E-state index contributed by atoms with van der Waals surface area (Å²) < 4.78 is 14.6. The average molecular weight is 317 g/mol. The molecule has 3 rings (SSSR count). The zero-order valence-electron chi connectivity index (χ0n) is 10.0. The highest BCUT2D eigenvalue weighted by molar-refractivity contribution is 9.10. The van der Waals surface area contributed by atoms with E-state index in [4.69, 9.17) is 5.26 Å². The van der Waals surface area contributed by atoms with Crippen LogP contribution in [0, 0.1) is 17.1 Å². The highest BCUT2D eigenvalue weighted by Crippen LogP contribution is 2.38. The molecule has 1 heterocycles. The number of fused-ring (bicyclic) bond motifs is 1. The van der Waals surface area contributed by atoms with Gasteiger partial charge in [0.1, 0.15) is 6.07 Å². The molecule has 0 fully saturated rings. The van der Waals surface area contributed by atoms with Crippen LogP contribution in [0.3, 0.4) is 0 Å². The molecule has 0 bridgehead atoms. The number of anilines is 2. The third-order valence-electron chi connectivity index (χ3n) is 3.36. The van der Waals surface area contributed by atoms with Crippen LogP contribution >= 0.6 is 15.9 Å². The van der Waals surface area contributed by atoms with Crippen LogP contribution in [0.25, 0.3) is 0 Å². The fourth-order valence-corrected chi connectivity index (χ4v) is 2.85. The van der Waals surface area contributed by atoms with E-state index in [1.54, 1.807) is 12.1 Å². The van der Waals surface area contributed by atoms with Crippen LogP contribution < -0.4 is 4.90 Å². The Balaban J connectivity index is 2.11. The van der Waals surface area contributed by atoms with Crippen molar-refractivity contribution in [2.24, 2.45) is 0 Å². The predicted octanol–water partition coefficient (Wildman–Crippen LogP) is 4.15. The molecule has 0 saturated heterocycles. The van der Waals surface area contributed by atoms with Crippen molar-refractivity contribution in [2.45, 2.75) is 6.42 Å². The van der Waals surface area contributed by atoms with Crippen LogP contribution in [-0.4, -0.2) is 6.54 Å². The molecule has 2 aromatic rings. The Labute approximate surface area is 119 Å². The molecule has 2 aromatic carbocycles. The van der Waals surface area contributed by atoms with E-state index in [1.165, 1.54) is 5.56 Å². The summed E-state index contributed by atoms with van der Waals surface area (Å²) in [6.07, 6.45) is 0.910. The molecule has 0 N–H and O–H groups in total. The fourth-order valence-electron chi connectivity index (χ4n) is 2.42. The van der Waals surface area contributed by atoms with Gasteiger partial charge in [0.25, 0.3) is 0 Å². The SMILES string of the molecule is N#Cc1ccc(N2CCc3ccccc32)c(F)c1Br. The zero-order chi connectivity index (χ0) is 13.4. The molecule has 0 amide bonds. The molecule has 0 atom stereocenters. The number of benzene rings is 2. The number of rotatable bonds is 1. The monoisotopic (exact) mass is 316 g/mol. The highest BCUT2D eigenvalue weighted by atomic mass is 79.9. The first kappa shape index (κ1) is 12.2. The maximum Gasteiger partial charge on any atom is 0.162 e. The van der Waals surface area contributed by atoms with Gasteiger partial charge in [-0.15, -0.1) is 0 Å². The lowest BCUT2D eigenvalue weighted by Crippen LogP contribution is -2.15. The van der Waals surface area contributed by atoms with Gasteiger partial charge >= 0.3 is 0 Å². The third kappa shape index (κ3) is 1.91. The number of hydrogen-bond acceptors (Lipinski definition) is 2. The number of nitriles is 1. The zero-order valence-corrected chi connectivity index (χ0v) is 11.6. The van der Waals surface area contributed by atoms with Gasteiger partial charge in [0.05, 0.1) is 15.7 Å². The fraction of sp³-hybridized carbons (Fsp3) is 0.133. The summed E-state index contributed by atoms with van der Waals surface area (Å²) in [5, 5.41) is 8.90. The maximum absolute atomic E-state index is 14.4. The van der Waals surface area contributed by atoms with Crippen LogP contribution in [0.4, 0.5) is 15.8 Å². The van der Waals surface area contributed by atoms with Crippen molar-refractivity contribution in [1.82, 2.24) is 0 Å². The number of hydrogen-bond donors (Lipinski definition) is 0. The van der Waals surface area contributed by atoms with Gasteiger partial charge in [-0.3, -0.25) is 0 Å². The van der Waals surface area contributed by atoms with Crippen LogP contribution in [0.1, 0.15) is 11.1 Å². The van der Waals surface area contributed by atoms with E-state index in [2.05, 4.69) is 22.0 Å². The predicted molar refractivity (Wildman–Crippen MR) is 76.0 cm³/mol. The van der Waals surface area contributed by atoms with E-state index in [1.807, 2.05) is 29.2 Å². The second-order valence-electron chi connectivity index (χ2n) is 4.40. The van der Waals surface area contributed by atoms with Gasteiger partial charge < -0.3 is 4.90 Å². The van der Waals surface area contributed by atoms with Gasteiger partial charge in [0.2, 0.25) is 0 Å². The van der Waals surface area contributed by atoms with Crippen molar-refractivity contribution >= 4 is 27.3 Å². The summed E-state index contributed by atoms with van der Waals surface area (Å²) in [6, 6.07) is 13.3. The second-order valence-corrected chi connectivity index (χ2v) is 5.20. The third-order valence-corrected chi connectivity index (χ3v) is 4.14. The minimum Gasteiger partial charge on any atom is -0.339 e. The molecular formula is C15H10BrFN2. The average Bonchev–Trinajstić information content (AvgIpc) is 2.86. The van der Waals surface area contributed by atoms with E-state index in [9.17, 15) is 4.39 Å². The molecule has 19 heavy (non-hydrogen) atoms. The lowest BCUT2D eigenvalue weighted by Gasteiger charge is -2.20. The van der Waals surface area contributed by atoms with Crippen molar-refractivity contribution in [2.75, 3.05) is 11.4 Å². The standard InChI is InChI=1S/C15H10BrFN2/c16-14-11(9-18)5-6-13(15(14)17)19-8-7-10-3-1-2-4-12(10)19/h1-6H,7-8H2.